The van der Waals surface area contributed by atoms with Crippen LogP contribution in [-0.2, 0) is 19.4 Å². The number of hydrogen-bond donors (Lipinski definition) is 2. The van der Waals surface area contributed by atoms with Crippen molar-refractivity contribution in [1.82, 2.24) is 5.32 Å². The van der Waals surface area contributed by atoms with Crippen LogP contribution in [0.1, 0.15) is 13.3 Å². The van der Waals surface area contributed by atoms with Crippen molar-refractivity contribution in [1.29, 1.82) is 0 Å². The molecule has 6 nitrogen and oxygen atoms in total. The van der Waals surface area contributed by atoms with E-state index in [0.717, 1.165) is 4.90 Å². The highest BCUT2D eigenvalue weighted by molar-refractivity contribution is 8.02. The van der Waals surface area contributed by atoms with E-state index in [9.17, 15) is 18.0 Å². The van der Waals surface area contributed by atoms with Crippen molar-refractivity contribution in [2.75, 3.05) is 16.8 Å². The van der Waals surface area contributed by atoms with Gasteiger partial charge in [-0.05, 0) is 25.5 Å². The first kappa shape index (κ1) is 15.4. The predicted octanol–water partition coefficient (Wildman–Crippen LogP) is 0.793. The van der Waals surface area contributed by atoms with E-state index in [1.54, 1.807) is 13.0 Å². The molecule has 2 atom stereocenters. The number of nitrogens with one attached hydrogen (secondary N) is 2. The number of sulfone groups is 1. The average molecular weight is 340 g/mol. The smallest absolute Gasteiger partial charge is 0.250 e. The third-order valence-electron chi connectivity index (χ3n) is 3.88. The van der Waals surface area contributed by atoms with E-state index in [1.807, 2.05) is 18.2 Å². The summed E-state index contributed by atoms with van der Waals surface area (Å²) in [7, 11) is -3.08. The monoisotopic (exact) mass is 340 g/mol. The molecule has 0 saturated carbocycles. The van der Waals surface area contributed by atoms with Gasteiger partial charge in [-0.3, -0.25) is 9.59 Å². The summed E-state index contributed by atoms with van der Waals surface area (Å²) in [4.78, 5) is 25.6. The molecule has 2 amide bonds. The molecule has 8 heteroatoms. The molecule has 1 saturated heterocycles. The van der Waals surface area contributed by atoms with Gasteiger partial charge in [0.15, 0.2) is 14.6 Å². The quantitative estimate of drug-likeness (QED) is 0.777. The van der Waals surface area contributed by atoms with Crippen LogP contribution in [-0.4, -0.2) is 42.5 Å². The van der Waals surface area contributed by atoms with E-state index in [0.29, 0.717) is 12.1 Å². The number of carbonyl (C=O) groups is 2. The Morgan fingerprint density at radius 3 is 2.82 bits per heavy atom. The molecule has 2 heterocycles. The molecule has 1 fully saturated rings. The minimum Gasteiger partial charge on any atom is -0.351 e. The highest BCUT2D eigenvalue weighted by atomic mass is 32.2. The van der Waals surface area contributed by atoms with Gasteiger partial charge in [-0.2, -0.15) is 0 Å². The van der Waals surface area contributed by atoms with Gasteiger partial charge < -0.3 is 10.6 Å². The van der Waals surface area contributed by atoms with Crippen LogP contribution in [0.3, 0.4) is 0 Å². The van der Waals surface area contributed by atoms with Crippen molar-refractivity contribution >= 4 is 39.1 Å². The molecule has 0 aromatic heterocycles. The lowest BCUT2D eigenvalue weighted by atomic mass is 10.1. The average Bonchev–Trinajstić information content (AvgIpc) is 2.79. The van der Waals surface area contributed by atoms with Crippen LogP contribution in [0.25, 0.3) is 0 Å². The topological polar surface area (TPSA) is 92.3 Å². The minimum atomic E-state index is -3.08. The van der Waals surface area contributed by atoms with Crippen LogP contribution in [0.15, 0.2) is 29.2 Å². The highest BCUT2D eigenvalue weighted by Crippen LogP contribution is 2.42. The van der Waals surface area contributed by atoms with E-state index >= 15 is 0 Å². The number of benzene rings is 1. The summed E-state index contributed by atoms with van der Waals surface area (Å²) < 4.78 is 21.6. The molecule has 0 spiro atoms. The van der Waals surface area contributed by atoms with Gasteiger partial charge >= 0.3 is 0 Å². The van der Waals surface area contributed by atoms with Gasteiger partial charge in [-0.25, -0.2) is 8.42 Å². The first-order valence-electron chi connectivity index (χ1n) is 6.91. The van der Waals surface area contributed by atoms with Crippen LogP contribution in [0.5, 0.6) is 0 Å². The second-order valence-electron chi connectivity index (χ2n) is 5.66. The fourth-order valence-corrected chi connectivity index (χ4v) is 5.33. The molecule has 0 unspecified atom stereocenters. The summed E-state index contributed by atoms with van der Waals surface area (Å²) in [5, 5.41) is 5.44. The van der Waals surface area contributed by atoms with E-state index in [1.165, 1.54) is 11.8 Å². The first-order chi connectivity index (χ1) is 10.3. The Balaban J connectivity index is 1.78. The third-order valence-corrected chi connectivity index (χ3v) is 7.01. The number of carbonyl (C=O) groups excluding carboxylic acids is 2. The molecule has 0 aliphatic carbocycles. The van der Waals surface area contributed by atoms with Gasteiger partial charge in [0.05, 0.1) is 17.2 Å². The van der Waals surface area contributed by atoms with Crippen molar-refractivity contribution in [3.63, 3.8) is 0 Å². The van der Waals surface area contributed by atoms with Crippen molar-refractivity contribution in [3.05, 3.63) is 24.3 Å². The van der Waals surface area contributed by atoms with Crippen LogP contribution in [0.2, 0.25) is 0 Å². The van der Waals surface area contributed by atoms with Crippen LogP contribution < -0.4 is 10.6 Å². The molecule has 0 radical (unpaired) electrons. The van der Waals surface area contributed by atoms with Gasteiger partial charge in [0.25, 0.3) is 0 Å². The maximum atomic E-state index is 12.5. The fourth-order valence-electron chi connectivity index (χ4n) is 2.55. The zero-order valence-electron chi connectivity index (χ0n) is 12.0. The van der Waals surface area contributed by atoms with E-state index < -0.39 is 32.4 Å². The third kappa shape index (κ3) is 2.72. The van der Waals surface area contributed by atoms with Crippen molar-refractivity contribution in [2.24, 2.45) is 0 Å². The van der Waals surface area contributed by atoms with Crippen LogP contribution in [0, 0.1) is 0 Å². The highest BCUT2D eigenvalue weighted by Gasteiger charge is 2.47. The van der Waals surface area contributed by atoms with Gasteiger partial charge in [0, 0.05) is 10.9 Å². The Morgan fingerprint density at radius 2 is 2.14 bits per heavy atom. The molecular formula is C14H16N2O4S2. The van der Waals surface area contributed by atoms with Crippen molar-refractivity contribution in [3.8, 4) is 0 Å². The molecule has 1 aromatic rings. The molecule has 2 N–H and O–H groups in total. The Kier molecular flexibility index (Phi) is 3.68. The second-order valence-corrected chi connectivity index (χ2v) is 9.35. The number of para-hydroxylation sites is 1. The molecule has 2 aliphatic heterocycles. The predicted molar refractivity (Wildman–Crippen MR) is 84.5 cm³/mol. The lowest BCUT2D eigenvalue weighted by molar-refractivity contribution is -0.130. The molecule has 2 aliphatic rings. The summed E-state index contributed by atoms with van der Waals surface area (Å²) in [6.07, 6.45) is 0.396. The van der Waals surface area contributed by atoms with Crippen molar-refractivity contribution in [2.45, 2.75) is 29.0 Å². The number of amides is 2. The lowest BCUT2D eigenvalue weighted by Crippen LogP contribution is -2.54. The fraction of sp³-hybridized carbons (Fsp3) is 0.429. The normalized spacial score (nSPS) is 29.5. The number of rotatable bonds is 2. The van der Waals surface area contributed by atoms with E-state index in [-0.39, 0.29) is 11.5 Å². The standard InChI is InChI=1S/C14H16N2O4S2/c1-14(12(17)15-9-6-7-22(19,20)8-9)13(18)16-10-4-2-3-5-11(10)21-14/h2-5,9H,6-8H2,1H3,(H,15,17)(H,16,18)/t9-,14+/m0/s1. The summed E-state index contributed by atoms with van der Waals surface area (Å²) in [6, 6.07) is 6.85. The zero-order valence-corrected chi connectivity index (χ0v) is 13.6. The summed E-state index contributed by atoms with van der Waals surface area (Å²) in [5.41, 5.74) is 0.686. The second kappa shape index (κ2) is 5.27. The van der Waals surface area contributed by atoms with Gasteiger partial charge in [0.2, 0.25) is 11.8 Å². The number of thioether (sulfide) groups is 1. The maximum Gasteiger partial charge on any atom is 0.250 e. The summed E-state index contributed by atoms with van der Waals surface area (Å²) in [5.74, 6) is -0.824. The number of anilines is 1. The van der Waals surface area contributed by atoms with Crippen molar-refractivity contribution < 1.29 is 18.0 Å². The van der Waals surface area contributed by atoms with E-state index in [4.69, 9.17) is 0 Å². The van der Waals surface area contributed by atoms with Gasteiger partial charge in [-0.1, -0.05) is 23.9 Å². The summed E-state index contributed by atoms with van der Waals surface area (Å²) >= 11 is 1.19. The van der Waals surface area contributed by atoms with E-state index in [2.05, 4.69) is 10.6 Å². The van der Waals surface area contributed by atoms with Gasteiger partial charge in [0.1, 0.15) is 0 Å². The Bertz CT molecular complexity index is 747. The molecule has 22 heavy (non-hydrogen) atoms. The molecule has 3 rings (SSSR count). The molecule has 0 bridgehead atoms. The number of hydrogen-bond acceptors (Lipinski definition) is 5. The minimum absolute atomic E-state index is 0.0578. The Labute approximate surface area is 133 Å². The van der Waals surface area contributed by atoms with Crippen LogP contribution >= 0.6 is 11.8 Å². The molecular weight excluding hydrogens is 324 g/mol. The summed E-state index contributed by atoms with van der Waals surface area (Å²) in [6.45, 7) is 1.56. The first-order valence-corrected chi connectivity index (χ1v) is 9.55. The molecule has 118 valence electrons. The lowest BCUT2D eigenvalue weighted by Gasteiger charge is -2.32. The maximum absolute atomic E-state index is 12.5. The van der Waals surface area contributed by atoms with Crippen LogP contribution in [0.4, 0.5) is 5.69 Å². The van der Waals surface area contributed by atoms with Gasteiger partial charge in [-0.15, -0.1) is 0 Å². The zero-order chi connectivity index (χ0) is 16.0. The molecule has 1 aromatic carbocycles. The SMILES string of the molecule is C[C@]1(C(=O)N[C@H]2CCS(=O)(=O)C2)Sc2ccccc2NC1=O. The largest absolute Gasteiger partial charge is 0.351 e. The number of fused-ring (bicyclic) bond motifs is 1. The Hall–Kier alpha value is -1.54. The Morgan fingerprint density at radius 1 is 1.41 bits per heavy atom.